The first-order chi connectivity index (χ1) is 36.5. The van der Waals surface area contributed by atoms with Crippen molar-refractivity contribution >= 4 is 20.0 Å². The molecular weight excluding hydrogens is 1290 g/mol. The van der Waals surface area contributed by atoms with Crippen molar-refractivity contribution in [2.24, 2.45) is 0 Å². The molecule has 0 radical (unpaired) electrons. The maximum atomic E-state index is 11.7. The Morgan fingerprint density at radius 1 is 0.402 bits per heavy atom. The predicted molar refractivity (Wildman–Crippen MR) is 328 cm³/mol. The number of unbranched alkanes of at least 4 members (excludes halogenated alkanes) is 2. The van der Waals surface area contributed by atoms with Gasteiger partial charge in [-0.15, -0.1) is 26.2 Å². The molecule has 0 aliphatic rings. The van der Waals surface area contributed by atoms with Crippen LogP contribution in [0.4, 0.5) is 0 Å². The molecule has 0 N–H and O–H groups in total. The van der Waals surface area contributed by atoms with Crippen molar-refractivity contribution in [3.63, 3.8) is 0 Å². The molecule has 0 saturated heterocycles. The Bertz CT molecular complexity index is 2820. The molecule has 4 aromatic heterocycles. The fraction of sp³-hybridized carbons (Fsp3) is 0.364. The van der Waals surface area contributed by atoms with Crippen LogP contribution in [0.3, 0.4) is 0 Å². The number of hydrogen-bond acceptors (Lipinski definition) is 8. The van der Waals surface area contributed by atoms with E-state index in [2.05, 4.69) is 174 Å². The topological polar surface area (TPSA) is 148 Å². The first-order valence-electron chi connectivity index (χ1n) is 26.6. The number of sulfonamides is 2. The summed E-state index contributed by atoms with van der Waals surface area (Å²) < 4.78 is 54.3. The summed E-state index contributed by atoms with van der Waals surface area (Å²) in [7, 11) is -6.93. The van der Waals surface area contributed by atoms with Gasteiger partial charge in [0.05, 0.1) is 22.8 Å². The number of pyridine rings is 4. The van der Waals surface area contributed by atoms with Gasteiger partial charge in [0.1, 0.15) is 20.0 Å². The Labute approximate surface area is 534 Å². The van der Waals surface area contributed by atoms with E-state index in [1.165, 1.54) is 22.3 Å². The first kappa shape index (κ1) is 79.5. The minimum atomic E-state index is -3.47. The summed E-state index contributed by atoms with van der Waals surface area (Å²) in [6.07, 6.45) is 14.0. The predicted octanol–water partition coefficient (Wildman–Crippen LogP) is 11.2. The second-order valence-electron chi connectivity index (χ2n) is 23.0. The van der Waals surface area contributed by atoms with E-state index in [1.807, 2.05) is 75.0 Å². The van der Waals surface area contributed by atoms with Crippen molar-refractivity contribution in [1.29, 1.82) is 0 Å². The standard InChI is InChI=1S/2C18H24N2.2C12H16NO2S.C6H6.2ClH.2Pd/c2*1-17(2,3)13-7-9-19-15(11-13)16-12-14(8-10-20-16)18(4,5)6;2*1-3-4-5-10-13-16(14,15)12-8-6-11(2)7-9-12;1-2-4-6-5-3-1;;;;/h2*7-12H,1-6H3;2*3,6-9H,1,4-5,10H2,2H3;1-6H;2*1H;;/q;;2*-1;;;;2*+2/p-2. The zero-order chi connectivity index (χ0) is 58.2. The molecule has 0 saturated carbocycles. The summed E-state index contributed by atoms with van der Waals surface area (Å²) in [6, 6.07) is 42.3. The maximum Gasteiger partial charge on any atom is 2.00 e. The van der Waals surface area contributed by atoms with E-state index >= 15 is 0 Å². The van der Waals surface area contributed by atoms with E-state index in [4.69, 9.17) is 0 Å². The maximum absolute atomic E-state index is 11.7. The number of nitrogens with zero attached hydrogens (tertiary/aromatic N) is 6. The van der Waals surface area contributed by atoms with Crippen molar-refractivity contribution < 1.29 is 82.5 Å². The van der Waals surface area contributed by atoms with Crippen molar-refractivity contribution in [3.05, 3.63) is 226 Å². The number of halogens is 2. The third-order valence-electron chi connectivity index (χ3n) is 12.0. The molecule has 0 atom stereocenters. The number of benzene rings is 3. The average Bonchev–Trinajstić information content (AvgIpc) is 3.40. The molecule has 4 heterocycles. The van der Waals surface area contributed by atoms with Gasteiger partial charge in [0, 0.05) is 34.6 Å². The SMILES string of the molecule is C=CCCC[N-]S(=O)(=O)c1ccc(C)cc1.C=CCCC[N-]S(=O)(=O)c1ccc(C)cc1.CC(C)(C)c1ccnc(-c2cc(C(C)(C)C)ccn2)c1.CC(C)(C)c1ccnc(-c2cc(C(C)(C)C)ccn2)c1.[Cl-].[Cl-].[Pd+2].[Pd+2].c1ccccc1. The van der Waals surface area contributed by atoms with Crippen LogP contribution in [0.25, 0.3) is 32.2 Å². The number of aryl methyl sites for hydroxylation is 2. The molecule has 7 aromatic rings. The second kappa shape index (κ2) is 37.7. The third kappa shape index (κ3) is 29.3. The van der Waals surface area contributed by atoms with Crippen LogP contribution < -0.4 is 24.8 Å². The molecule has 7 rings (SSSR count). The van der Waals surface area contributed by atoms with Crippen LogP contribution >= 0.6 is 0 Å². The Balaban J connectivity index is 0. The van der Waals surface area contributed by atoms with E-state index in [-0.39, 0.29) is 97.1 Å². The Hall–Kier alpha value is -4.54. The molecule has 0 aliphatic heterocycles. The molecule has 0 amide bonds. The van der Waals surface area contributed by atoms with Gasteiger partial charge in [-0.1, -0.05) is 180 Å². The van der Waals surface area contributed by atoms with Crippen molar-refractivity contribution in [2.45, 2.75) is 154 Å². The van der Waals surface area contributed by atoms with Gasteiger partial charge in [0.2, 0.25) is 0 Å². The summed E-state index contributed by atoms with van der Waals surface area (Å²) in [4.78, 5) is 18.5. The summed E-state index contributed by atoms with van der Waals surface area (Å²) in [5.74, 6) is 0. The fourth-order valence-corrected chi connectivity index (χ4v) is 8.94. The zero-order valence-electron chi connectivity index (χ0n) is 50.3. The Kier molecular flexibility index (Phi) is 36.6. The molecule has 0 unspecified atom stereocenters. The van der Waals surface area contributed by atoms with Gasteiger partial charge in [0.25, 0.3) is 0 Å². The molecule has 0 spiro atoms. The largest absolute Gasteiger partial charge is 2.00 e. The van der Waals surface area contributed by atoms with Gasteiger partial charge in [-0.05, 0) is 143 Å². The summed E-state index contributed by atoms with van der Waals surface area (Å²) in [6.45, 7) is 38.2. The molecule has 0 bridgehead atoms. The van der Waals surface area contributed by atoms with Crippen LogP contribution in [0.1, 0.15) is 142 Å². The minimum Gasteiger partial charge on any atom is -1.00 e. The van der Waals surface area contributed by atoms with Gasteiger partial charge < -0.3 is 34.3 Å². The van der Waals surface area contributed by atoms with E-state index < -0.39 is 20.0 Å². The van der Waals surface area contributed by atoms with Gasteiger partial charge >= 0.3 is 40.8 Å². The molecule has 16 heteroatoms. The van der Waals surface area contributed by atoms with Crippen LogP contribution in [0.5, 0.6) is 0 Å². The van der Waals surface area contributed by atoms with Crippen molar-refractivity contribution in [3.8, 4) is 22.8 Å². The average molecular weight is 1380 g/mol. The van der Waals surface area contributed by atoms with Gasteiger partial charge in [-0.2, -0.15) is 0 Å². The molecule has 3 aromatic carbocycles. The van der Waals surface area contributed by atoms with Crippen LogP contribution in [-0.4, -0.2) is 49.9 Å². The minimum absolute atomic E-state index is 0. The second-order valence-corrected chi connectivity index (χ2v) is 26.4. The Morgan fingerprint density at radius 2 is 0.622 bits per heavy atom. The summed E-state index contributed by atoms with van der Waals surface area (Å²) >= 11 is 0. The van der Waals surface area contributed by atoms with Crippen molar-refractivity contribution in [2.75, 3.05) is 13.1 Å². The van der Waals surface area contributed by atoms with E-state index in [0.717, 1.165) is 46.7 Å². The quantitative estimate of drug-likeness (QED) is 0.0594. The number of rotatable bonds is 14. The third-order valence-corrected chi connectivity index (χ3v) is 14.8. The Morgan fingerprint density at radius 3 is 0.817 bits per heavy atom. The fourth-order valence-electron chi connectivity index (χ4n) is 6.94. The van der Waals surface area contributed by atoms with E-state index in [1.54, 1.807) is 60.7 Å². The van der Waals surface area contributed by atoms with Crippen molar-refractivity contribution in [1.82, 2.24) is 19.9 Å². The monoisotopic (exact) mass is 1370 g/mol. The van der Waals surface area contributed by atoms with E-state index in [9.17, 15) is 16.8 Å². The smallest absolute Gasteiger partial charge is 1.00 e. The normalized spacial score (nSPS) is 11.1. The molecule has 10 nitrogen and oxygen atoms in total. The van der Waals surface area contributed by atoms with Crippen LogP contribution in [0.15, 0.2) is 193 Å². The molecule has 82 heavy (non-hydrogen) atoms. The molecular formula is C66H86Cl2N6O4Pd2S2. The van der Waals surface area contributed by atoms with Crippen LogP contribution in [0, 0.1) is 13.8 Å². The zero-order valence-corrected chi connectivity index (χ0v) is 56.6. The molecule has 0 aliphatic carbocycles. The summed E-state index contributed by atoms with van der Waals surface area (Å²) in [5.41, 5.74) is 11.5. The van der Waals surface area contributed by atoms with Crippen LogP contribution in [-0.2, 0) is 82.6 Å². The van der Waals surface area contributed by atoms with Gasteiger partial charge in [0.15, 0.2) is 0 Å². The van der Waals surface area contributed by atoms with Gasteiger partial charge in [-0.25, -0.2) is 16.8 Å². The molecule has 0 fully saturated rings. The summed E-state index contributed by atoms with van der Waals surface area (Å²) in [5, 5.41) is 0. The number of aromatic nitrogens is 4. The number of allylic oxidation sites excluding steroid dienone is 2. The first-order valence-corrected chi connectivity index (χ1v) is 29.5. The van der Waals surface area contributed by atoms with Gasteiger partial charge in [-0.3, -0.25) is 19.9 Å². The number of hydrogen-bond donors (Lipinski definition) is 0. The van der Waals surface area contributed by atoms with Crippen LogP contribution in [0.2, 0.25) is 0 Å². The molecule has 450 valence electrons. The van der Waals surface area contributed by atoms with E-state index in [0.29, 0.717) is 25.9 Å².